The number of hydrogen-bond donors (Lipinski definition) is 1. The SMILES string of the molecule is Cc1ccc2c(C)nc(N3CCC[C@H](C(=O)NCc4ccccc4)C3)nc2c1. The largest absolute Gasteiger partial charge is 0.352 e. The van der Waals surface area contributed by atoms with Gasteiger partial charge in [-0.05, 0) is 43.9 Å². The number of nitrogens with one attached hydrogen (secondary N) is 1. The molecule has 1 aliphatic rings. The Morgan fingerprint density at radius 2 is 1.96 bits per heavy atom. The minimum atomic E-state index is -0.0328. The highest BCUT2D eigenvalue weighted by Gasteiger charge is 2.27. The molecule has 0 spiro atoms. The number of aromatic nitrogens is 2. The second-order valence-electron chi connectivity index (χ2n) is 7.62. The summed E-state index contributed by atoms with van der Waals surface area (Å²) < 4.78 is 0. The highest BCUT2D eigenvalue weighted by molar-refractivity contribution is 5.83. The van der Waals surface area contributed by atoms with Crippen LogP contribution >= 0.6 is 0 Å². The summed E-state index contributed by atoms with van der Waals surface area (Å²) in [6, 6.07) is 16.3. The molecular weight excluding hydrogens is 348 g/mol. The van der Waals surface area contributed by atoms with Gasteiger partial charge < -0.3 is 10.2 Å². The molecular formula is C23H26N4O. The quantitative estimate of drug-likeness (QED) is 0.755. The molecule has 0 radical (unpaired) electrons. The van der Waals surface area contributed by atoms with Crippen LogP contribution in [0.2, 0.25) is 0 Å². The second-order valence-corrected chi connectivity index (χ2v) is 7.62. The van der Waals surface area contributed by atoms with Crippen LogP contribution in [-0.2, 0) is 11.3 Å². The number of hydrogen-bond acceptors (Lipinski definition) is 4. The minimum absolute atomic E-state index is 0.0328. The number of anilines is 1. The average Bonchev–Trinajstić information content (AvgIpc) is 2.72. The molecule has 3 aromatic rings. The van der Waals surface area contributed by atoms with E-state index in [0.29, 0.717) is 13.1 Å². The van der Waals surface area contributed by atoms with Crippen LogP contribution in [0.4, 0.5) is 5.95 Å². The molecule has 1 fully saturated rings. The third kappa shape index (κ3) is 3.98. The molecule has 0 bridgehead atoms. The summed E-state index contributed by atoms with van der Waals surface area (Å²) in [5.41, 5.74) is 4.26. The number of amides is 1. The van der Waals surface area contributed by atoms with Crippen LogP contribution in [0.3, 0.4) is 0 Å². The van der Waals surface area contributed by atoms with E-state index < -0.39 is 0 Å². The fourth-order valence-corrected chi connectivity index (χ4v) is 3.83. The summed E-state index contributed by atoms with van der Waals surface area (Å²) in [4.78, 5) is 24.4. The predicted molar refractivity (Wildman–Crippen MR) is 112 cm³/mol. The Bertz CT molecular complexity index is 987. The average molecular weight is 374 g/mol. The van der Waals surface area contributed by atoms with Gasteiger partial charge >= 0.3 is 0 Å². The molecule has 1 aromatic heterocycles. The van der Waals surface area contributed by atoms with E-state index in [1.54, 1.807) is 0 Å². The Morgan fingerprint density at radius 1 is 1.14 bits per heavy atom. The van der Waals surface area contributed by atoms with Gasteiger partial charge in [-0.3, -0.25) is 4.79 Å². The first-order valence-corrected chi connectivity index (χ1v) is 9.92. The van der Waals surface area contributed by atoms with Crippen molar-refractivity contribution in [3.8, 4) is 0 Å². The molecule has 0 aliphatic carbocycles. The van der Waals surface area contributed by atoms with Gasteiger partial charge in [0.25, 0.3) is 0 Å². The number of rotatable bonds is 4. The minimum Gasteiger partial charge on any atom is -0.352 e. The topological polar surface area (TPSA) is 58.1 Å². The predicted octanol–water partition coefficient (Wildman–Crippen LogP) is 3.78. The molecule has 2 heterocycles. The Hall–Kier alpha value is -2.95. The van der Waals surface area contributed by atoms with E-state index in [2.05, 4.69) is 35.3 Å². The lowest BCUT2D eigenvalue weighted by molar-refractivity contribution is -0.125. The van der Waals surface area contributed by atoms with Crippen LogP contribution in [-0.4, -0.2) is 29.0 Å². The van der Waals surface area contributed by atoms with Gasteiger partial charge in [0, 0.05) is 25.0 Å². The highest BCUT2D eigenvalue weighted by Crippen LogP contribution is 2.24. The summed E-state index contributed by atoms with van der Waals surface area (Å²) in [6.07, 6.45) is 1.88. The maximum absolute atomic E-state index is 12.7. The normalized spacial score (nSPS) is 16.9. The molecule has 5 heteroatoms. The zero-order chi connectivity index (χ0) is 19.5. The molecule has 1 aliphatic heterocycles. The van der Waals surface area contributed by atoms with Gasteiger partial charge in [0.05, 0.1) is 17.1 Å². The van der Waals surface area contributed by atoms with E-state index in [1.165, 1.54) is 5.56 Å². The molecule has 1 atom stereocenters. The maximum Gasteiger partial charge on any atom is 0.226 e. The van der Waals surface area contributed by atoms with E-state index >= 15 is 0 Å². The first kappa shape index (κ1) is 18.4. The molecule has 2 aromatic carbocycles. The Morgan fingerprint density at radius 3 is 2.79 bits per heavy atom. The zero-order valence-electron chi connectivity index (χ0n) is 16.5. The summed E-state index contributed by atoms with van der Waals surface area (Å²) in [6.45, 7) is 6.22. The van der Waals surface area contributed by atoms with Crippen molar-refractivity contribution < 1.29 is 4.79 Å². The van der Waals surface area contributed by atoms with Crippen molar-refractivity contribution in [3.05, 3.63) is 65.4 Å². The number of fused-ring (bicyclic) bond motifs is 1. The van der Waals surface area contributed by atoms with E-state index in [0.717, 1.165) is 47.5 Å². The molecule has 1 saturated heterocycles. The molecule has 5 nitrogen and oxygen atoms in total. The first-order chi connectivity index (χ1) is 13.6. The van der Waals surface area contributed by atoms with Crippen molar-refractivity contribution in [1.29, 1.82) is 0 Å². The van der Waals surface area contributed by atoms with Crippen LogP contribution in [0.25, 0.3) is 10.9 Å². The van der Waals surface area contributed by atoms with Gasteiger partial charge in [0.15, 0.2) is 0 Å². The zero-order valence-corrected chi connectivity index (χ0v) is 16.5. The van der Waals surface area contributed by atoms with E-state index in [-0.39, 0.29) is 11.8 Å². The third-order valence-electron chi connectivity index (χ3n) is 5.42. The van der Waals surface area contributed by atoms with Gasteiger partial charge in [-0.2, -0.15) is 0 Å². The fraction of sp³-hybridized carbons (Fsp3) is 0.348. The Kier molecular flexibility index (Phi) is 5.24. The smallest absolute Gasteiger partial charge is 0.226 e. The van der Waals surface area contributed by atoms with Crippen molar-refractivity contribution in [2.24, 2.45) is 5.92 Å². The van der Waals surface area contributed by atoms with Gasteiger partial charge in [0.1, 0.15) is 0 Å². The Balaban J connectivity index is 1.47. The van der Waals surface area contributed by atoms with Crippen LogP contribution in [0.5, 0.6) is 0 Å². The molecule has 28 heavy (non-hydrogen) atoms. The van der Waals surface area contributed by atoms with Gasteiger partial charge in [-0.1, -0.05) is 42.5 Å². The van der Waals surface area contributed by atoms with Crippen LogP contribution < -0.4 is 10.2 Å². The summed E-state index contributed by atoms with van der Waals surface area (Å²) >= 11 is 0. The number of aryl methyl sites for hydroxylation is 2. The van der Waals surface area contributed by atoms with Crippen LogP contribution in [0, 0.1) is 19.8 Å². The lowest BCUT2D eigenvalue weighted by atomic mass is 9.97. The number of carbonyl (C=O) groups excluding carboxylic acids is 1. The lowest BCUT2D eigenvalue weighted by Crippen LogP contribution is -2.43. The lowest BCUT2D eigenvalue weighted by Gasteiger charge is -2.32. The van der Waals surface area contributed by atoms with Gasteiger partial charge in [0.2, 0.25) is 11.9 Å². The standard InChI is InChI=1S/C23H26N4O/c1-16-10-11-20-17(2)25-23(26-21(20)13-16)27-12-6-9-19(15-27)22(28)24-14-18-7-4-3-5-8-18/h3-5,7-8,10-11,13,19H,6,9,12,14-15H2,1-2H3,(H,24,28)/t19-/m0/s1. The van der Waals surface area contributed by atoms with Crippen molar-refractivity contribution in [2.45, 2.75) is 33.2 Å². The van der Waals surface area contributed by atoms with Crippen LogP contribution in [0.15, 0.2) is 48.5 Å². The van der Waals surface area contributed by atoms with Crippen molar-refractivity contribution in [3.63, 3.8) is 0 Å². The van der Waals surface area contributed by atoms with Gasteiger partial charge in [-0.25, -0.2) is 9.97 Å². The molecule has 1 amide bonds. The van der Waals surface area contributed by atoms with Crippen LogP contribution in [0.1, 0.15) is 29.7 Å². The number of carbonyl (C=O) groups is 1. The maximum atomic E-state index is 12.7. The fourth-order valence-electron chi connectivity index (χ4n) is 3.83. The van der Waals surface area contributed by atoms with E-state index in [1.807, 2.05) is 37.3 Å². The third-order valence-corrected chi connectivity index (χ3v) is 5.42. The van der Waals surface area contributed by atoms with Crippen molar-refractivity contribution in [2.75, 3.05) is 18.0 Å². The van der Waals surface area contributed by atoms with Gasteiger partial charge in [-0.15, -0.1) is 0 Å². The van der Waals surface area contributed by atoms with E-state index in [4.69, 9.17) is 9.97 Å². The van der Waals surface area contributed by atoms with E-state index in [9.17, 15) is 4.79 Å². The summed E-state index contributed by atoms with van der Waals surface area (Å²) in [5.74, 6) is 0.813. The number of benzene rings is 2. The summed E-state index contributed by atoms with van der Waals surface area (Å²) in [7, 11) is 0. The molecule has 144 valence electrons. The Labute approximate surface area is 165 Å². The number of nitrogens with zero attached hydrogens (tertiary/aromatic N) is 3. The second kappa shape index (κ2) is 7.97. The molecule has 1 N–H and O–H groups in total. The monoisotopic (exact) mass is 374 g/mol. The number of piperidine rings is 1. The highest BCUT2D eigenvalue weighted by atomic mass is 16.1. The molecule has 4 rings (SSSR count). The first-order valence-electron chi connectivity index (χ1n) is 9.92. The van der Waals surface area contributed by atoms with Crippen molar-refractivity contribution >= 4 is 22.8 Å². The molecule has 0 saturated carbocycles. The summed E-state index contributed by atoms with van der Waals surface area (Å²) in [5, 5.41) is 4.17. The molecule has 0 unspecified atom stereocenters. The van der Waals surface area contributed by atoms with Crippen molar-refractivity contribution in [1.82, 2.24) is 15.3 Å².